The van der Waals surface area contributed by atoms with Gasteiger partial charge in [-0.05, 0) is 56.0 Å². The minimum absolute atomic E-state index is 0.579. The summed E-state index contributed by atoms with van der Waals surface area (Å²) in [6.45, 7) is 6.34. The summed E-state index contributed by atoms with van der Waals surface area (Å²) < 4.78 is 0. The molecule has 110 valence electrons. The van der Waals surface area contributed by atoms with Crippen molar-refractivity contribution in [2.45, 2.75) is 39.3 Å². The molecule has 1 atom stereocenters. The second-order valence-corrected chi connectivity index (χ2v) is 6.15. The van der Waals surface area contributed by atoms with E-state index in [0.717, 1.165) is 25.9 Å². The van der Waals surface area contributed by atoms with Crippen LogP contribution in [-0.4, -0.2) is 12.6 Å². The first-order chi connectivity index (χ1) is 10.2. The van der Waals surface area contributed by atoms with Gasteiger partial charge in [0.25, 0.3) is 0 Å². The van der Waals surface area contributed by atoms with Crippen molar-refractivity contribution in [2.75, 3.05) is 11.9 Å². The Balaban J connectivity index is 1.48. The van der Waals surface area contributed by atoms with Crippen LogP contribution in [0.2, 0.25) is 0 Å². The summed E-state index contributed by atoms with van der Waals surface area (Å²) in [5.41, 5.74) is 6.89. The minimum atomic E-state index is 0.579. The molecule has 0 aliphatic carbocycles. The SMILES string of the molecule is Cc1ccc(CNCCc2ccc3c(c2)CC(C)N3)cc1. The summed E-state index contributed by atoms with van der Waals surface area (Å²) in [4.78, 5) is 0. The van der Waals surface area contributed by atoms with Gasteiger partial charge in [-0.1, -0.05) is 42.0 Å². The smallest absolute Gasteiger partial charge is 0.0375 e. The maximum absolute atomic E-state index is 3.53. The largest absolute Gasteiger partial charge is 0.382 e. The summed E-state index contributed by atoms with van der Waals surface area (Å²) >= 11 is 0. The zero-order chi connectivity index (χ0) is 14.7. The number of anilines is 1. The van der Waals surface area contributed by atoms with E-state index in [1.807, 2.05) is 0 Å². The van der Waals surface area contributed by atoms with Crippen LogP contribution in [0, 0.1) is 6.92 Å². The molecule has 0 spiro atoms. The lowest BCUT2D eigenvalue weighted by molar-refractivity contribution is 0.686. The van der Waals surface area contributed by atoms with Crippen LogP contribution in [0.4, 0.5) is 5.69 Å². The number of hydrogen-bond donors (Lipinski definition) is 2. The third-order valence-electron chi connectivity index (χ3n) is 4.14. The Labute approximate surface area is 127 Å². The first-order valence-electron chi connectivity index (χ1n) is 7.85. The fraction of sp³-hybridized carbons (Fsp3) is 0.368. The molecule has 2 N–H and O–H groups in total. The molecular formula is C19H24N2. The Hall–Kier alpha value is -1.80. The molecule has 1 unspecified atom stereocenters. The molecule has 2 nitrogen and oxygen atoms in total. The lowest BCUT2D eigenvalue weighted by atomic mass is 10.0. The van der Waals surface area contributed by atoms with Crippen molar-refractivity contribution in [3.05, 3.63) is 64.7 Å². The molecule has 1 aliphatic rings. The number of benzene rings is 2. The van der Waals surface area contributed by atoms with Gasteiger partial charge in [0.1, 0.15) is 0 Å². The maximum atomic E-state index is 3.53. The predicted molar refractivity (Wildman–Crippen MR) is 89.8 cm³/mol. The number of nitrogens with one attached hydrogen (secondary N) is 2. The molecular weight excluding hydrogens is 256 g/mol. The van der Waals surface area contributed by atoms with Crippen LogP contribution in [0.25, 0.3) is 0 Å². The quantitative estimate of drug-likeness (QED) is 0.816. The Morgan fingerprint density at radius 3 is 2.67 bits per heavy atom. The van der Waals surface area contributed by atoms with Crippen LogP contribution >= 0.6 is 0 Å². The summed E-state index contributed by atoms with van der Waals surface area (Å²) in [6, 6.07) is 16.2. The van der Waals surface area contributed by atoms with E-state index in [4.69, 9.17) is 0 Å². The minimum Gasteiger partial charge on any atom is -0.382 e. The molecule has 3 rings (SSSR count). The zero-order valence-corrected chi connectivity index (χ0v) is 12.9. The molecule has 0 fully saturated rings. The maximum Gasteiger partial charge on any atom is 0.0375 e. The lowest BCUT2D eigenvalue weighted by Crippen LogP contribution is -2.16. The normalized spacial score (nSPS) is 16.6. The third kappa shape index (κ3) is 3.64. The zero-order valence-electron chi connectivity index (χ0n) is 12.9. The van der Waals surface area contributed by atoms with Gasteiger partial charge in [-0.15, -0.1) is 0 Å². The highest BCUT2D eigenvalue weighted by atomic mass is 14.9. The van der Waals surface area contributed by atoms with E-state index >= 15 is 0 Å². The van der Waals surface area contributed by atoms with Crippen molar-refractivity contribution in [3.63, 3.8) is 0 Å². The summed E-state index contributed by atoms with van der Waals surface area (Å²) in [7, 11) is 0. The summed E-state index contributed by atoms with van der Waals surface area (Å²) in [6.07, 6.45) is 2.24. The van der Waals surface area contributed by atoms with Crippen molar-refractivity contribution >= 4 is 5.69 Å². The van der Waals surface area contributed by atoms with Gasteiger partial charge < -0.3 is 10.6 Å². The molecule has 0 bridgehead atoms. The number of aryl methyl sites for hydroxylation is 1. The van der Waals surface area contributed by atoms with Crippen LogP contribution in [-0.2, 0) is 19.4 Å². The molecule has 0 saturated carbocycles. The average molecular weight is 280 g/mol. The fourth-order valence-corrected chi connectivity index (χ4v) is 2.93. The van der Waals surface area contributed by atoms with E-state index in [0.29, 0.717) is 6.04 Å². The highest BCUT2D eigenvalue weighted by molar-refractivity contribution is 5.57. The van der Waals surface area contributed by atoms with Gasteiger partial charge in [-0.25, -0.2) is 0 Å². The van der Waals surface area contributed by atoms with E-state index < -0.39 is 0 Å². The molecule has 1 aliphatic heterocycles. The van der Waals surface area contributed by atoms with Crippen molar-refractivity contribution in [1.29, 1.82) is 0 Å². The molecule has 0 aromatic heterocycles. The van der Waals surface area contributed by atoms with E-state index in [2.05, 4.69) is 66.9 Å². The van der Waals surface area contributed by atoms with Crippen LogP contribution < -0.4 is 10.6 Å². The van der Waals surface area contributed by atoms with Gasteiger partial charge in [-0.3, -0.25) is 0 Å². The second-order valence-electron chi connectivity index (χ2n) is 6.15. The predicted octanol–water partition coefficient (Wildman–Crippen LogP) is 3.68. The van der Waals surface area contributed by atoms with E-state index in [9.17, 15) is 0 Å². The second kappa shape index (κ2) is 6.31. The number of rotatable bonds is 5. The molecule has 1 heterocycles. The first-order valence-corrected chi connectivity index (χ1v) is 7.85. The highest BCUT2D eigenvalue weighted by Gasteiger charge is 2.16. The van der Waals surface area contributed by atoms with E-state index in [1.165, 1.54) is 27.9 Å². The van der Waals surface area contributed by atoms with Crippen LogP contribution in [0.1, 0.15) is 29.2 Å². The Morgan fingerprint density at radius 1 is 1.10 bits per heavy atom. The average Bonchev–Trinajstić information content (AvgIpc) is 2.85. The van der Waals surface area contributed by atoms with Gasteiger partial charge in [0.05, 0.1) is 0 Å². The van der Waals surface area contributed by atoms with Crippen LogP contribution in [0.5, 0.6) is 0 Å². The molecule has 0 amide bonds. The monoisotopic (exact) mass is 280 g/mol. The number of fused-ring (bicyclic) bond motifs is 1. The van der Waals surface area contributed by atoms with Crippen LogP contribution in [0.15, 0.2) is 42.5 Å². The topological polar surface area (TPSA) is 24.1 Å². The molecule has 21 heavy (non-hydrogen) atoms. The summed E-state index contributed by atoms with van der Waals surface area (Å²) in [5, 5.41) is 7.03. The first kappa shape index (κ1) is 14.2. The van der Waals surface area contributed by atoms with Crippen molar-refractivity contribution < 1.29 is 0 Å². The summed E-state index contributed by atoms with van der Waals surface area (Å²) in [5.74, 6) is 0. The third-order valence-corrected chi connectivity index (χ3v) is 4.14. The molecule has 2 heteroatoms. The van der Waals surface area contributed by atoms with Gasteiger partial charge in [0.15, 0.2) is 0 Å². The van der Waals surface area contributed by atoms with Gasteiger partial charge >= 0.3 is 0 Å². The highest BCUT2D eigenvalue weighted by Crippen LogP contribution is 2.26. The Morgan fingerprint density at radius 2 is 1.86 bits per heavy atom. The Kier molecular flexibility index (Phi) is 4.26. The molecule has 2 aromatic rings. The molecule has 0 radical (unpaired) electrons. The van der Waals surface area contributed by atoms with Crippen molar-refractivity contribution in [3.8, 4) is 0 Å². The van der Waals surface area contributed by atoms with E-state index in [1.54, 1.807) is 0 Å². The van der Waals surface area contributed by atoms with Crippen molar-refractivity contribution in [2.24, 2.45) is 0 Å². The fourth-order valence-electron chi connectivity index (χ4n) is 2.93. The molecule has 0 saturated heterocycles. The standard InChI is InChI=1S/C19H24N2/c1-14-3-5-17(6-4-14)13-20-10-9-16-7-8-19-18(12-16)11-15(2)21-19/h3-8,12,15,20-21H,9-11,13H2,1-2H3. The van der Waals surface area contributed by atoms with Gasteiger partial charge in [0, 0.05) is 18.3 Å². The van der Waals surface area contributed by atoms with Gasteiger partial charge in [-0.2, -0.15) is 0 Å². The number of hydrogen-bond acceptors (Lipinski definition) is 2. The molecule has 2 aromatic carbocycles. The van der Waals surface area contributed by atoms with Crippen molar-refractivity contribution in [1.82, 2.24) is 5.32 Å². The van der Waals surface area contributed by atoms with Gasteiger partial charge in [0.2, 0.25) is 0 Å². The van der Waals surface area contributed by atoms with E-state index in [-0.39, 0.29) is 0 Å². The lowest BCUT2D eigenvalue weighted by Gasteiger charge is -2.07. The van der Waals surface area contributed by atoms with Crippen LogP contribution in [0.3, 0.4) is 0 Å². The Bertz CT molecular complexity index is 601.